The fraction of sp³-hybridized carbons (Fsp3) is 0.421. The van der Waals surface area contributed by atoms with Crippen molar-refractivity contribution in [2.24, 2.45) is 5.10 Å². The third-order valence-corrected chi connectivity index (χ3v) is 4.38. The third kappa shape index (κ3) is 4.78. The summed E-state index contributed by atoms with van der Waals surface area (Å²) < 4.78 is 2.13. The number of rotatable bonds is 8. The zero-order chi connectivity index (χ0) is 16.6. The number of hydrogen-bond acceptors (Lipinski definition) is 3. The van der Waals surface area contributed by atoms with E-state index in [1.807, 2.05) is 18.7 Å². The highest BCUT2D eigenvalue weighted by atomic mass is 16.2. The van der Waals surface area contributed by atoms with Crippen LogP contribution in [0.25, 0.3) is 0 Å². The standard InChI is InChI=1S/C19H24N4O/c24-19-11-10-18(21-22-19)17-8-6-16(7-9-17)5-3-1-2-4-13-23-14-12-20-15-23/h6-9,12,14-15H,1-5,10-11,13H2,(H,22,24). The van der Waals surface area contributed by atoms with Gasteiger partial charge in [-0.2, -0.15) is 5.10 Å². The van der Waals surface area contributed by atoms with E-state index < -0.39 is 0 Å². The SMILES string of the molecule is O=C1CCC(c2ccc(CCCCCCn3ccnc3)cc2)=NN1. The Morgan fingerprint density at radius 1 is 1.04 bits per heavy atom. The van der Waals surface area contributed by atoms with Crippen LogP contribution in [0, 0.1) is 0 Å². The number of nitrogens with zero attached hydrogens (tertiary/aromatic N) is 3. The summed E-state index contributed by atoms with van der Waals surface area (Å²) in [5.41, 5.74) is 6.00. The molecule has 1 aliphatic heterocycles. The molecule has 1 aromatic heterocycles. The summed E-state index contributed by atoms with van der Waals surface area (Å²) in [7, 11) is 0. The van der Waals surface area contributed by atoms with Crippen molar-refractivity contribution in [1.29, 1.82) is 0 Å². The van der Waals surface area contributed by atoms with Gasteiger partial charge in [0.2, 0.25) is 5.91 Å². The lowest BCUT2D eigenvalue weighted by atomic mass is 10.0. The quantitative estimate of drug-likeness (QED) is 0.757. The minimum atomic E-state index is 0.00316. The van der Waals surface area contributed by atoms with Crippen molar-refractivity contribution in [3.05, 3.63) is 54.1 Å². The molecule has 0 aliphatic carbocycles. The minimum Gasteiger partial charge on any atom is -0.337 e. The zero-order valence-corrected chi connectivity index (χ0v) is 13.9. The Labute approximate surface area is 142 Å². The van der Waals surface area contributed by atoms with Crippen LogP contribution < -0.4 is 5.43 Å². The minimum absolute atomic E-state index is 0.00316. The van der Waals surface area contributed by atoms with Gasteiger partial charge in [-0.1, -0.05) is 37.1 Å². The van der Waals surface area contributed by atoms with Gasteiger partial charge < -0.3 is 4.57 Å². The highest BCUT2D eigenvalue weighted by Crippen LogP contribution is 2.14. The first kappa shape index (κ1) is 16.4. The van der Waals surface area contributed by atoms with Gasteiger partial charge in [0.1, 0.15) is 0 Å². The van der Waals surface area contributed by atoms with Gasteiger partial charge in [-0.15, -0.1) is 0 Å². The molecule has 1 N–H and O–H groups in total. The number of amides is 1. The predicted molar refractivity (Wildman–Crippen MR) is 94.8 cm³/mol. The Kier molecular flexibility index (Phi) is 5.77. The van der Waals surface area contributed by atoms with E-state index in [2.05, 4.69) is 44.3 Å². The first-order chi connectivity index (χ1) is 11.8. The summed E-state index contributed by atoms with van der Waals surface area (Å²) >= 11 is 0. The lowest BCUT2D eigenvalue weighted by Gasteiger charge is -2.12. The number of aryl methyl sites for hydroxylation is 2. The van der Waals surface area contributed by atoms with E-state index in [0.29, 0.717) is 6.42 Å². The van der Waals surface area contributed by atoms with Crippen LogP contribution in [0.1, 0.15) is 49.7 Å². The lowest BCUT2D eigenvalue weighted by molar-refractivity contribution is -0.121. The Morgan fingerprint density at radius 2 is 1.88 bits per heavy atom. The van der Waals surface area contributed by atoms with E-state index in [1.54, 1.807) is 0 Å². The third-order valence-electron chi connectivity index (χ3n) is 4.38. The molecule has 2 heterocycles. The van der Waals surface area contributed by atoms with E-state index in [1.165, 1.54) is 31.2 Å². The summed E-state index contributed by atoms with van der Waals surface area (Å²) in [5, 5.41) is 4.14. The second-order valence-electron chi connectivity index (χ2n) is 6.26. The number of hydrazone groups is 1. The molecule has 2 aromatic rings. The molecule has 0 bridgehead atoms. The molecule has 0 atom stereocenters. The zero-order valence-electron chi connectivity index (χ0n) is 13.9. The van der Waals surface area contributed by atoms with Crippen molar-refractivity contribution in [3.63, 3.8) is 0 Å². The molecule has 1 amide bonds. The number of carbonyl (C=O) groups excluding carboxylic acids is 1. The van der Waals surface area contributed by atoms with Gasteiger partial charge in [-0.25, -0.2) is 10.4 Å². The van der Waals surface area contributed by atoms with Gasteiger partial charge in [-0.3, -0.25) is 4.79 Å². The second kappa shape index (κ2) is 8.43. The predicted octanol–water partition coefficient (Wildman–Crippen LogP) is 3.30. The van der Waals surface area contributed by atoms with Gasteiger partial charge in [0.15, 0.2) is 0 Å². The average molecular weight is 324 g/mol. The molecule has 5 heteroatoms. The second-order valence-corrected chi connectivity index (χ2v) is 6.26. The Morgan fingerprint density at radius 3 is 2.58 bits per heavy atom. The first-order valence-electron chi connectivity index (χ1n) is 8.72. The summed E-state index contributed by atoms with van der Waals surface area (Å²) in [6, 6.07) is 8.59. The van der Waals surface area contributed by atoms with Crippen molar-refractivity contribution < 1.29 is 4.79 Å². The van der Waals surface area contributed by atoms with Crippen molar-refractivity contribution in [2.75, 3.05) is 0 Å². The van der Waals surface area contributed by atoms with Crippen LogP contribution in [-0.4, -0.2) is 21.2 Å². The average Bonchev–Trinajstić information content (AvgIpc) is 3.13. The Balaban J connectivity index is 1.36. The number of carbonyl (C=O) groups is 1. The topological polar surface area (TPSA) is 59.3 Å². The molecule has 1 aliphatic rings. The molecule has 5 nitrogen and oxygen atoms in total. The molecule has 0 saturated heterocycles. The van der Waals surface area contributed by atoms with Crippen LogP contribution in [0.4, 0.5) is 0 Å². The van der Waals surface area contributed by atoms with Crippen LogP contribution in [-0.2, 0) is 17.8 Å². The van der Waals surface area contributed by atoms with Gasteiger partial charge >= 0.3 is 0 Å². The fourth-order valence-electron chi connectivity index (χ4n) is 2.94. The molecule has 0 saturated carbocycles. The van der Waals surface area contributed by atoms with Crippen molar-refractivity contribution >= 4 is 11.6 Å². The number of unbranched alkanes of at least 4 members (excludes halogenated alkanes) is 3. The van der Waals surface area contributed by atoms with Crippen LogP contribution in [0.5, 0.6) is 0 Å². The maximum atomic E-state index is 11.1. The monoisotopic (exact) mass is 324 g/mol. The van der Waals surface area contributed by atoms with Crippen LogP contribution >= 0.6 is 0 Å². The normalized spacial score (nSPS) is 14.3. The molecular weight excluding hydrogens is 300 g/mol. The van der Waals surface area contributed by atoms with Gasteiger partial charge in [-0.05, 0) is 30.4 Å². The van der Waals surface area contributed by atoms with Crippen molar-refractivity contribution in [3.8, 4) is 0 Å². The summed E-state index contributed by atoms with van der Waals surface area (Å²) in [5.74, 6) is 0.00316. The van der Waals surface area contributed by atoms with Crippen molar-refractivity contribution in [2.45, 2.75) is 51.5 Å². The maximum Gasteiger partial charge on any atom is 0.240 e. The van der Waals surface area contributed by atoms with Crippen molar-refractivity contribution in [1.82, 2.24) is 15.0 Å². The van der Waals surface area contributed by atoms with E-state index in [0.717, 1.165) is 30.7 Å². The smallest absolute Gasteiger partial charge is 0.240 e. The fourth-order valence-corrected chi connectivity index (χ4v) is 2.94. The number of imidazole rings is 1. The molecule has 126 valence electrons. The largest absolute Gasteiger partial charge is 0.337 e. The van der Waals surface area contributed by atoms with Gasteiger partial charge in [0.05, 0.1) is 12.0 Å². The molecule has 0 spiro atoms. The molecule has 24 heavy (non-hydrogen) atoms. The molecular formula is C19H24N4O. The number of benzene rings is 1. The number of aromatic nitrogens is 2. The van der Waals surface area contributed by atoms with E-state index in [4.69, 9.17) is 0 Å². The van der Waals surface area contributed by atoms with Crippen LogP contribution in [0.3, 0.4) is 0 Å². The highest BCUT2D eigenvalue weighted by molar-refractivity contribution is 6.04. The summed E-state index contributed by atoms with van der Waals surface area (Å²) in [6.45, 7) is 1.06. The van der Waals surface area contributed by atoms with E-state index in [-0.39, 0.29) is 5.91 Å². The van der Waals surface area contributed by atoms with E-state index in [9.17, 15) is 4.79 Å². The van der Waals surface area contributed by atoms with Crippen LogP contribution in [0.2, 0.25) is 0 Å². The summed E-state index contributed by atoms with van der Waals surface area (Å²) in [6.07, 6.45) is 13.0. The molecule has 0 unspecified atom stereocenters. The summed E-state index contributed by atoms with van der Waals surface area (Å²) in [4.78, 5) is 15.2. The van der Waals surface area contributed by atoms with E-state index >= 15 is 0 Å². The Hall–Kier alpha value is -2.43. The Bertz CT molecular complexity index is 674. The maximum absolute atomic E-state index is 11.1. The highest BCUT2D eigenvalue weighted by Gasteiger charge is 2.12. The van der Waals surface area contributed by atoms with Gasteiger partial charge in [0, 0.05) is 31.8 Å². The molecule has 3 rings (SSSR count). The number of hydrogen-bond donors (Lipinski definition) is 1. The lowest BCUT2D eigenvalue weighted by Crippen LogP contribution is -2.25. The molecule has 0 fully saturated rings. The van der Waals surface area contributed by atoms with Crippen LogP contribution in [0.15, 0.2) is 48.1 Å². The van der Waals surface area contributed by atoms with Gasteiger partial charge in [0.25, 0.3) is 0 Å². The molecule has 1 aromatic carbocycles. The number of nitrogens with one attached hydrogen (secondary N) is 1. The molecule has 0 radical (unpaired) electrons. The first-order valence-corrected chi connectivity index (χ1v) is 8.72.